The van der Waals surface area contributed by atoms with Crippen molar-refractivity contribution >= 4 is 50.4 Å². The summed E-state index contributed by atoms with van der Waals surface area (Å²) in [4.78, 5) is 19.9. The minimum Gasteiger partial charge on any atom is -0.267 e. The van der Waals surface area contributed by atoms with Gasteiger partial charge in [-0.15, -0.1) is 11.3 Å². The molecular formula is C21H15ClN2OS. The van der Waals surface area contributed by atoms with Crippen LogP contribution >= 0.6 is 22.9 Å². The SMILES string of the molecule is Cc1ccc(N(C(=O)c2sc3ccccc3c2Cl)c2ccccn2)cc1. The van der Waals surface area contributed by atoms with Crippen molar-refractivity contribution in [3.05, 3.63) is 88.4 Å². The maximum absolute atomic E-state index is 13.4. The van der Waals surface area contributed by atoms with Gasteiger partial charge >= 0.3 is 0 Å². The molecule has 0 aliphatic carbocycles. The molecule has 0 aliphatic heterocycles. The maximum atomic E-state index is 13.4. The van der Waals surface area contributed by atoms with Crippen LogP contribution in [0.15, 0.2) is 72.9 Å². The van der Waals surface area contributed by atoms with E-state index in [4.69, 9.17) is 11.6 Å². The maximum Gasteiger partial charge on any atom is 0.275 e. The minimum atomic E-state index is -0.182. The van der Waals surface area contributed by atoms with Crippen molar-refractivity contribution in [3.8, 4) is 0 Å². The molecule has 2 heterocycles. The second-order valence-corrected chi connectivity index (χ2v) is 7.34. The Bertz CT molecular complexity index is 1070. The molecule has 1 amide bonds. The number of carbonyl (C=O) groups is 1. The number of nitrogens with zero attached hydrogens (tertiary/aromatic N) is 2. The molecule has 0 saturated heterocycles. The molecule has 5 heteroatoms. The van der Waals surface area contributed by atoms with E-state index in [2.05, 4.69) is 4.98 Å². The number of pyridine rings is 1. The summed E-state index contributed by atoms with van der Waals surface area (Å²) in [7, 11) is 0. The summed E-state index contributed by atoms with van der Waals surface area (Å²) >= 11 is 7.94. The third kappa shape index (κ3) is 2.98. The van der Waals surface area contributed by atoms with Gasteiger partial charge < -0.3 is 0 Å². The zero-order chi connectivity index (χ0) is 18.1. The Morgan fingerprint density at radius 1 is 1.00 bits per heavy atom. The molecule has 0 radical (unpaired) electrons. The number of aryl methyl sites for hydroxylation is 1. The van der Waals surface area contributed by atoms with Gasteiger partial charge in [-0.3, -0.25) is 9.69 Å². The molecule has 4 aromatic rings. The molecule has 0 unspecified atom stereocenters. The largest absolute Gasteiger partial charge is 0.275 e. The molecule has 2 aromatic carbocycles. The molecular weight excluding hydrogens is 364 g/mol. The summed E-state index contributed by atoms with van der Waals surface area (Å²) < 4.78 is 0.991. The lowest BCUT2D eigenvalue weighted by molar-refractivity contribution is 0.100. The molecule has 4 rings (SSSR count). The van der Waals surface area contributed by atoms with E-state index in [0.717, 1.165) is 21.3 Å². The highest BCUT2D eigenvalue weighted by Gasteiger charge is 2.25. The lowest BCUT2D eigenvalue weighted by atomic mass is 10.2. The zero-order valence-electron chi connectivity index (χ0n) is 14.0. The fourth-order valence-corrected chi connectivity index (χ4v) is 4.23. The van der Waals surface area contributed by atoms with Gasteiger partial charge in [0.25, 0.3) is 5.91 Å². The highest BCUT2D eigenvalue weighted by Crippen LogP contribution is 2.38. The number of carbonyl (C=O) groups excluding carboxylic acids is 1. The average Bonchev–Trinajstić information content (AvgIpc) is 3.01. The van der Waals surface area contributed by atoms with Gasteiger partial charge in [-0.25, -0.2) is 4.98 Å². The van der Waals surface area contributed by atoms with E-state index in [1.54, 1.807) is 11.1 Å². The van der Waals surface area contributed by atoms with Gasteiger partial charge in [-0.2, -0.15) is 0 Å². The number of thiophene rings is 1. The van der Waals surface area contributed by atoms with Crippen LogP contribution in [0.4, 0.5) is 11.5 Å². The first-order valence-electron chi connectivity index (χ1n) is 8.14. The monoisotopic (exact) mass is 378 g/mol. The van der Waals surface area contributed by atoms with Crippen molar-refractivity contribution in [2.45, 2.75) is 6.92 Å². The number of hydrogen-bond donors (Lipinski definition) is 0. The molecule has 0 N–H and O–H groups in total. The van der Waals surface area contributed by atoms with Gasteiger partial charge in [0.1, 0.15) is 10.7 Å². The Labute approximate surface area is 160 Å². The van der Waals surface area contributed by atoms with E-state index in [0.29, 0.717) is 15.7 Å². The van der Waals surface area contributed by atoms with Crippen molar-refractivity contribution in [1.82, 2.24) is 4.98 Å². The van der Waals surface area contributed by atoms with Crippen molar-refractivity contribution in [2.75, 3.05) is 4.90 Å². The molecule has 0 fully saturated rings. The fourth-order valence-electron chi connectivity index (χ4n) is 2.79. The predicted octanol–water partition coefficient (Wildman–Crippen LogP) is 6.24. The quantitative estimate of drug-likeness (QED) is 0.423. The van der Waals surface area contributed by atoms with Gasteiger partial charge in [0, 0.05) is 16.3 Å². The third-order valence-corrected chi connectivity index (χ3v) is 5.77. The molecule has 0 spiro atoms. The number of aromatic nitrogens is 1. The molecule has 0 atom stereocenters. The summed E-state index contributed by atoms with van der Waals surface area (Å²) in [6.07, 6.45) is 1.68. The Kier molecular flexibility index (Phi) is 4.45. The van der Waals surface area contributed by atoms with Crippen LogP contribution in [0.3, 0.4) is 0 Å². The molecule has 128 valence electrons. The molecule has 0 aliphatic rings. The van der Waals surface area contributed by atoms with Crippen LogP contribution in [0.25, 0.3) is 10.1 Å². The van der Waals surface area contributed by atoms with Crippen molar-refractivity contribution < 1.29 is 4.79 Å². The first-order valence-corrected chi connectivity index (χ1v) is 9.34. The van der Waals surface area contributed by atoms with Crippen molar-refractivity contribution in [2.24, 2.45) is 0 Å². The number of anilines is 2. The number of halogens is 1. The predicted molar refractivity (Wildman–Crippen MR) is 109 cm³/mol. The van der Waals surface area contributed by atoms with E-state index in [1.165, 1.54) is 11.3 Å². The van der Waals surface area contributed by atoms with Gasteiger partial charge in [0.2, 0.25) is 0 Å². The second-order valence-electron chi connectivity index (χ2n) is 5.91. The summed E-state index contributed by atoms with van der Waals surface area (Å²) in [5, 5.41) is 1.39. The van der Waals surface area contributed by atoms with Crippen LogP contribution in [0, 0.1) is 6.92 Å². The van der Waals surface area contributed by atoms with Crippen LogP contribution in [-0.2, 0) is 0 Å². The number of rotatable bonds is 3. The van der Waals surface area contributed by atoms with Crippen molar-refractivity contribution in [1.29, 1.82) is 0 Å². The topological polar surface area (TPSA) is 33.2 Å². The lowest BCUT2D eigenvalue weighted by Gasteiger charge is -2.21. The number of amides is 1. The fraction of sp³-hybridized carbons (Fsp3) is 0.0476. The average molecular weight is 379 g/mol. The Balaban J connectivity index is 1.86. The second kappa shape index (κ2) is 6.90. The van der Waals surface area contributed by atoms with E-state index in [9.17, 15) is 4.79 Å². The van der Waals surface area contributed by atoms with Crippen LogP contribution in [0.2, 0.25) is 5.02 Å². The highest BCUT2D eigenvalue weighted by atomic mass is 35.5. The van der Waals surface area contributed by atoms with Gasteiger partial charge in [0.15, 0.2) is 0 Å². The summed E-state index contributed by atoms with van der Waals surface area (Å²) in [6.45, 7) is 2.01. The highest BCUT2D eigenvalue weighted by molar-refractivity contribution is 7.21. The Morgan fingerprint density at radius 3 is 2.42 bits per heavy atom. The summed E-state index contributed by atoms with van der Waals surface area (Å²) in [5.74, 6) is 0.383. The van der Waals surface area contributed by atoms with Crippen LogP contribution in [0.5, 0.6) is 0 Å². The van der Waals surface area contributed by atoms with Crippen LogP contribution in [0.1, 0.15) is 15.2 Å². The standard InChI is InChI=1S/C21H15ClN2OS/c1-14-9-11-15(12-10-14)24(18-8-4-5-13-23-18)21(25)20-19(22)16-6-2-3-7-17(16)26-20/h2-13H,1H3. The normalized spacial score (nSPS) is 10.8. The van der Waals surface area contributed by atoms with E-state index in [1.807, 2.05) is 73.7 Å². The zero-order valence-corrected chi connectivity index (χ0v) is 15.6. The molecule has 0 saturated carbocycles. The molecule has 0 bridgehead atoms. The first-order chi connectivity index (χ1) is 12.6. The smallest absolute Gasteiger partial charge is 0.267 e. The summed E-state index contributed by atoms with van der Waals surface area (Å²) in [6, 6.07) is 21.1. The third-order valence-electron chi connectivity index (χ3n) is 4.10. The van der Waals surface area contributed by atoms with Gasteiger partial charge in [-0.1, -0.05) is 53.6 Å². The molecule has 2 aromatic heterocycles. The van der Waals surface area contributed by atoms with Gasteiger partial charge in [0.05, 0.1) is 10.7 Å². The molecule has 26 heavy (non-hydrogen) atoms. The number of fused-ring (bicyclic) bond motifs is 1. The molecule has 3 nitrogen and oxygen atoms in total. The Morgan fingerprint density at radius 2 is 1.73 bits per heavy atom. The van der Waals surface area contributed by atoms with E-state index < -0.39 is 0 Å². The Hall–Kier alpha value is -2.69. The van der Waals surface area contributed by atoms with Crippen molar-refractivity contribution in [3.63, 3.8) is 0 Å². The van der Waals surface area contributed by atoms with Crippen LogP contribution < -0.4 is 4.90 Å². The number of benzene rings is 2. The van der Waals surface area contributed by atoms with Gasteiger partial charge in [-0.05, 0) is 37.3 Å². The first kappa shape index (κ1) is 16.8. The number of hydrogen-bond acceptors (Lipinski definition) is 3. The van der Waals surface area contributed by atoms with E-state index >= 15 is 0 Å². The lowest BCUT2D eigenvalue weighted by Crippen LogP contribution is -2.26. The minimum absolute atomic E-state index is 0.182. The summed E-state index contributed by atoms with van der Waals surface area (Å²) in [5.41, 5.74) is 1.88. The van der Waals surface area contributed by atoms with Crippen LogP contribution in [-0.4, -0.2) is 10.9 Å². The van der Waals surface area contributed by atoms with E-state index in [-0.39, 0.29) is 5.91 Å².